The van der Waals surface area contributed by atoms with E-state index in [1.54, 1.807) is 0 Å². The molecule has 0 saturated carbocycles. The summed E-state index contributed by atoms with van der Waals surface area (Å²) >= 11 is 0. The van der Waals surface area contributed by atoms with Crippen LogP contribution in [0.5, 0.6) is 0 Å². The van der Waals surface area contributed by atoms with E-state index in [1.165, 1.54) is 11.1 Å². The van der Waals surface area contributed by atoms with Gasteiger partial charge in [0.05, 0.1) is 0 Å². The number of nitrogens with one attached hydrogen (secondary N) is 1. The lowest BCUT2D eigenvalue weighted by molar-refractivity contribution is 0.524. The second-order valence-electron chi connectivity index (χ2n) is 5.02. The molecular weight excluding hydrogens is 242 g/mol. The van der Waals surface area contributed by atoms with Gasteiger partial charge in [-0.05, 0) is 32.4 Å². The first kappa shape index (κ1) is 15.4. The summed E-state index contributed by atoms with van der Waals surface area (Å²) in [6.45, 7) is 9.38. The molecule has 3 heteroatoms. The lowest BCUT2D eigenvalue weighted by Gasteiger charge is -2.17. The molecule has 0 fully saturated rings. The van der Waals surface area contributed by atoms with Gasteiger partial charge in [0.2, 0.25) is 0 Å². The fourth-order valence-corrected chi connectivity index (χ4v) is 3.44. The van der Waals surface area contributed by atoms with Crippen LogP contribution < -0.4 is 5.32 Å². The number of rotatable bonds is 7. The summed E-state index contributed by atoms with van der Waals surface area (Å²) in [6.07, 6.45) is 0.965. The highest BCUT2D eigenvalue weighted by Crippen LogP contribution is 2.12. The second-order valence-corrected chi connectivity index (χ2v) is 6.87. The summed E-state index contributed by atoms with van der Waals surface area (Å²) in [5.41, 5.74) is 2.41. The molecule has 1 rings (SSSR count). The zero-order valence-corrected chi connectivity index (χ0v) is 12.7. The molecule has 0 amide bonds. The minimum atomic E-state index is -0.788. The number of benzene rings is 1. The van der Waals surface area contributed by atoms with Crippen molar-refractivity contribution >= 4 is 10.8 Å². The maximum atomic E-state index is 12.2. The Morgan fingerprint density at radius 3 is 2.67 bits per heavy atom. The predicted molar refractivity (Wildman–Crippen MR) is 80.2 cm³/mol. The zero-order chi connectivity index (χ0) is 13.5. The van der Waals surface area contributed by atoms with Gasteiger partial charge in [-0.1, -0.05) is 43.7 Å². The molecule has 0 aliphatic heterocycles. The SMILES string of the molecule is CCNC(C)CC(C)S(=O)Cc1cccc(C)c1. The standard InChI is InChI=1S/C15H25NOS/c1-5-16-13(3)10-14(4)18(17)11-15-8-6-7-12(2)9-15/h6-9,13-14,16H,5,10-11H2,1-4H3. The van der Waals surface area contributed by atoms with E-state index in [2.05, 4.69) is 51.2 Å². The Labute approximate surface area is 114 Å². The van der Waals surface area contributed by atoms with Crippen molar-refractivity contribution in [1.82, 2.24) is 5.32 Å². The Bertz CT molecular complexity index is 392. The average molecular weight is 267 g/mol. The van der Waals surface area contributed by atoms with Crippen LogP contribution in [0.4, 0.5) is 0 Å². The smallest absolute Gasteiger partial charge is 0.0488 e. The van der Waals surface area contributed by atoms with Crippen LogP contribution in [0.25, 0.3) is 0 Å². The fourth-order valence-electron chi connectivity index (χ4n) is 2.15. The van der Waals surface area contributed by atoms with Gasteiger partial charge in [-0.15, -0.1) is 0 Å². The molecule has 0 saturated heterocycles. The van der Waals surface area contributed by atoms with Gasteiger partial charge in [-0.3, -0.25) is 4.21 Å². The normalized spacial score (nSPS) is 16.2. The molecule has 3 atom stereocenters. The average Bonchev–Trinajstić information content (AvgIpc) is 2.29. The van der Waals surface area contributed by atoms with Gasteiger partial charge in [0.15, 0.2) is 0 Å². The van der Waals surface area contributed by atoms with Gasteiger partial charge in [-0.25, -0.2) is 0 Å². The van der Waals surface area contributed by atoms with Crippen LogP contribution in [0.15, 0.2) is 24.3 Å². The Morgan fingerprint density at radius 1 is 1.33 bits per heavy atom. The van der Waals surface area contributed by atoms with Gasteiger partial charge >= 0.3 is 0 Å². The quantitative estimate of drug-likeness (QED) is 0.823. The molecule has 102 valence electrons. The number of hydrogen-bond donors (Lipinski definition) is 1. The van der Waals surface area contributed by atoms with Crippen LogP contribution in [-0.2, 0) is 16.6 Å². The van der Waals surface area contributed by atoms with Crippen molar-refractivity contribution in [2.24, 2.45) is 0 Å². The molecule has 2 nitrogen and oxygen atoms in total. The first-order valence-electron chi connectivity index (χ1n) is 6.69. The van der Waals surface area contributed by atoms with E-state index >= 15 is 0 Å². The molecule has 0 aromatic heterocycles. The summed E-state index contributed by atoms with van der Waals surface area (Å²) in [7, 11) is -0.788. The third-order valence-corrected chi connectivity index (χ3v) is 4.79. The van der Waals surface area contributed by atoms with E-state index in [9.17, 15) is 4.21 Å². The van der Waals surface area contributed by atoms with E-state index in [0.29, 0.717) is 11.8 Å². The maximum absolute atomic E-state index is 12.2. The van der Waals surface area contributed by atoms with Crippen molar-refractivity contribution in [2.75, 3.05) is 6.54 Å². The molecule has 0 aliphatic rings. The molecule has 1 aromatic rings. The lowest BCUT2D eigenvalue weighted by atomic mass is 10.2. The largest absolute Gasteiger partial charge is 0.314 e. The van der Waals surface area contributed by atoms with Crippen LogP contribution >= 0.6 is 0 Å². The first-order valence-corrected chi connectivity index (χ1v) is 8.07. The number of aryl methyl sites for hydroxylation is 1. The highest BCUT2D eigenvalue weighted by Gasteiger charge is 2.14. The highest BCUT2D eigenvalue weighted by molar-refractivity contribution is 7.84. The summed E-state index contributed by atoms with van der Waals surface area (Å²) in [4.78, 5) is 0. The van der Waals surface area contributed by atoms with E-state index in [0.717, 1.165) is 13.0 Å². The van der Waals surface area contributed by atoms with Crippen LogP contribution in [0, 0.1) is 6.92 Å². The maximum Gasteiger partial charge on any atom is 0.0488 e. The molecule has 18 heavy (non-hydrogen) atoms. The first-order chi connectivity index (χ1) is 8.52. The van der Waals surface area contributed by atoms with Crippen molar-refractivity contribution in [3.8, 4) is 0 Å². The Balaban J connectivity index is 2.49. The van der Waals surface area contributed by atoms with Gasteiger partial charge in [0.1, 0.15) is 0 Å². The third kappa shape index (κ3) is 5.32. The molecule has 1 aromatic carbocycles. The predicted octanol–water partition coefficient (Wildman–Crippen LogP) is 3.02. The molecule has 3 unspecified atom stereocenters. The lowest BCUT2D eigenvalue weighted by Crippen LogP contribution is -2.30. The Hall–Kier alpha value is -0.670. The van der Waals surface area contributed by atoms with Gasteiger partial charge in [-0.2, -0.15) is 0 Å². The molecule has 0 bridgehead atoms. The Kier molecular flexibility index (Phi) is 6.58. The van der Waals surface area contributed by atoms with E-state index < -0.39 is 10.8 Å². The summed E-state index contributed by atoms with van der Waals surface area (Å²) in [5.74, 6) is 0.668. The van der Waals surface area contributed by atoms with Crippen molar-refractivity contribution in [3.05, 3.63) is 35.4 Å². The van der Waals surface area contributed by atoms with Crippen molar-refractivity contribution in [3.63, 3.8) is 0 Å². The van der Waals surface area contributed by atoms with Crippen LogP contribution in [-0.4, -0.2) is 22.0 Å². The van der Waals surface area contributed by atoms with Gasteiger partial charge < -0.3 is 5.32 Å². The summed E-state index contributed by atoms with van der Waals surface area (Å²) in [5, 5.41) is 3.61. The van der Waals surface area contributed by atoms with E-state index in [-0.39, 0.29) is 5.25 Å². The van der Waals surface area contributed by atoms with Crippen molar-refractivity contribution in [2.45, 2.75) is 51.2 Å². The van der Waals surface area contributed by atoms with Crippen molar-refractivity contribution in [1.29, 1.82) is 0 Å². The number of hydrogen-bond acceptors (Lipinski definition) is 2. The zero-order valence-electron chi connectivity index (χ0n) is 11.9. The minimum Gasteiger partial charge on any atom is -0.314 e. The molecule has 1 N–H and O–H groups in total. The summed E-state index contributed by atoms with van der Waals surface area (Å²) < 4.78 is 12.2. The Morgan fingerprint density at radius 2 is 2.06 bits per heavy atom. The van der Waals surface area contributed by atoms with Crippen molar-refractivity contribution < 1.29 is 4.21 Å². The molecule has 0 heterocycles. The third-order valence-electron chi connectivity index (χ3n) is 3.08. The molecular formula is C15H25NOS. The van der Waals surface area contributed by atoms with Crippen LogP contribution in [0.1, 0.15) is 38.3 Å². The van der Waals surface area contributed by atoms with E-state index in [4.69, 9.17) is 0 Å². The topological polar surface area (TPSA) is 29.1 Å². The summed E-state index contributed by atoms with van der Waals surface area (Å²) in [6, 6.07) is 8.73. The highest BCUT2D eigenvalue weighted by atomic mass is 32.2. The minimum absolute atomic E-state index is 0.236. The monoisotopic (exact) mass is 267 g/mol. The molecule has 0 aliphatic carbocycles. The molecule has 0 radical (unpaired) electrons. The second kappa shape index (κ2) is 7.70. The van der Waals surface area contributed by atoms with Gasteiger partial charge in [0.25, 0.3) is 0 Å². The van der Waals surface area contributed by atoms with Gasteiger partial charge in [0, 0.05) is 27.8 Å². The fraction of sp³-hybridized carbons (Fsp3) is 0.600. The molecule has 0 spiro atoms. The van der Waals surface area contributed by atoms with E-state index in [1.807, 2.05) is 6.07 Å². The van der Waals surface area contributed by atoms with Crippen LogP contribution in [0.3, 0.4) is 0 Å². The van der Waals surface area contributed by atoms with Crippen LogP contribution in [0.2, 0.25) is 0 Å².